The lowest BCUT2D eigenvalue weighted by Crippen LogP contribution is -2.00. The summed E-state index contributed by atoms with van der Waals surface area (Å²) in [6.45, 7) is 0.652. The fourth-order valence-electron chi connectivity index (χ4n) is 1.30. The van der Waals surface area contributed by atoms with E-state index in [-0.39, 0.29) is 0 Å². The number of hydrogen-bond acceptors (Lipinski definition) is 3. The molecule has 0 saturated carbocycles. The standard InChI is InChI=1S/C12H12ClNOS/c13-8-11-9-14-12(16-11)6-7-15-10-4-2-1-3-5-10/h1-5,9H,6-8H2. The van der Waals surface area contributed by atoms with Crippen LogP contribution in [0.15, 0.2) is 36.5 Å². The van der Waals surface area contributed by atoms with Crippen LogP contribution in [0.5, 0.6) is 5.75 Å². The van der Waals surface area contributed by atoms with Gasteiger partial charge in [-0.15, -0.1) is 22.9 Å². The van der Waals surface area contributed by atoms with Gasteiger partial charge in [0.05, 0.1) is 17.5 Å². The van der Waals surface area contributed by atoms with Crippen molar-refractivity contribution in [3.8, 4) is 5.75 Å². The maximum Gasteiger partial charge on any atom is 0.119 e. The summed E-state index contributed by atoms with van der Waals surface area (Å²) in [5.74, 6) is 1.44. The molecule has 0 aliphatic carbocycles. The van der Waals surface area contributed by atoms with Crippen LogP contribution in [-0.2, 0) is 12.3 Å². The summed E-state index contributed by atoms with van der Waals surface area (Å²) in [5, 5.41) is 1.08. The number of benzene rings is 1. The molecule has 2 aromatic rings. The minimum Gasteiger partial charge on any atom is -0.493 e. The average molecular weight is 254 g/mol. The van der Waals surface area contributed by atoms with Crippen molar-refractivity contribution in [2.45, 2.75) is 12.3 Å². The maximum absolute atomic E-state index is 5.71. The molecule has 0 atom stereocenters. The van der Waals surface area contributed by atoms with Crippen LogP contribution < -0.4 is 4.74 Å². The third-order valence-corrected chi connectivity index (χ3v) is 3.56. The van der Waals surface area contributed by atoms with Crippen molar-refractivity contribution in [1.29, 1.82) is 0 Å². The van der Waals surface area contributed by atoms with Crippen LogP contribution in [0, 0.1) is 0 Å². The number of nitrogens with zero attached hydrogens (tertiary/aromatic N) is 1. The molecule has 1 aromatic heterocycles. The third-order valence-electron chi connectivity index (χ3n) is 2.06. The molecule has 0 N–H and O–H groups in total. The first-order chi connectivity index (χ1) is 7.88. The first-order valence-corrected chi connectivity index (χ1v) is 6.41. The highest BCUT2D eigenvalue weighted by Gasteiger charge is 2.01. The highest BCUT2D eigenvalue weighted by atomic mass is 35.5. The molecule has 0 aliphatic rings. The van der Waals surface area contributed by atoms with Crippen LogP contribution in [0.3, 0.4) is 0 Å². The zero-order chi connectivity index (χ0) is 11.2. The van der Waals surface area contributed by atoms with E-state index >= 15 is 0 Å². The van der Waals surface area contributed by atoms with E-state index in [0.717, 1.165) is 22.1 Å². The number of rotatable bonds is 5. The highest BCUT2D eigenvalue weighted by Crippen LogP contribution is 2.16. The molecule has 1 aromatic carbocycles. The van der Waals surface area contributed by atoms with E-state index in [1.807, 2.05) is 36.5 Å². The molecule has 0 fully saturated rings. The number of halogens is 1. The molecule has 0 amide bonds. The van der Waals surface area contributed by atoms with E-state index in [4.69, 9.17) is 16.3 Å². The van der Waals surface area contributed by atoms with Crippen LogP contribution in [0.4, 0.5) is 0 Å². The molecular weight excluding hydrogens is 242 g/mol. The SMILES string of the molecule is ClCc1cnc(CCOc2ccccc2)s1. The highest BCUT2D eigenvalue weighted by molar-refractivity contribution is 7.11. The minimum absolute atomic E-state index is 0.539. The van der Waals surface area contributed by atoms with Gasteiger partial charge in [-0.1, -0.05) is 18.2 Å². The van der Waals surface area contributed by atoms with Gasteiger partial charge in [0.15, 0.2) is 0 Å². The van der Waals surface area contributed by atoms with Crippen molar-refractivity contribution in [2.24, 2.45) is 0 Å². The van der Waals surface area contributed by atoms with Crippen molar-refractivity contribution >= 4 is 22.9 Å². The summed E-state index contributed by atoms with van der Waals surface area (Å²) in [4.78, 5) is 5.38. The van der Waals surface area contributed by atoms with Gasteiger partial charge in [0.2, 0.25) is 0 Å². The lowest BCUT2D eigenvalue weighted by molar-refractivity contribution is 0.322. The molecule has 0 spiro atoms. The Morgan fingerprint density at radius 3 is 2.75 bits per heavy atom. The van der Waals surface area contributed by atoms with Crippen LogP contribution in [0.1, 0.15) is 9.88 Å². The topological polar surface area (TPSA) is 22.1 Å². The molecule has 2 rings (SSSR count). The van der Waals surface area contributed by atoms with Gasteiger partial charge in [-0.25, -0.2) is 4.98 Å². The second-order valence-electron chi connectivity index (χ2n) is 3.27. The molecule has 2 nitrogen and oxygen atoms in total. The Morgan fingerprint density at radius 2 is 2.06 bits per heavy atom. The number of ether oxygens (including phenoxy) is 1. The zero-order valence-electron chi connectivity index (χ0n) is 8.73. The molecule has 0 saturated heterocycles. The Morgan fingerprint density at radius 1 is 1.25 bits per heavy atom. The fraction of sp³-hybridized carbons (Fsp3) is 0.250. The maximum atomic E-state index is 5.71. The van der Waals surface area contributed by atoms with Crippen molar-refractivity contribution in [2.75, 3.05) is 6.61 Å². The molecule has 0 unspecified atom stereocenters. The minimum atomic E-state index is 0.539. The van der Waals surface area contributed by atoms with Crippen LogP contribution in [0.25, 0.3) is 0 Å². The molecular formula is C12H12ClNOS. The van der Waals surface area contributed by atoms with Crippen molar-refractivity contribution < 1.29 is 4.74 Å². The first-order valence-electron chi connectivity index (χ1n) is 5.06. The van der Waals surface area contributed by atoms with E-state index in [1.165, 1.54) is 0 Å². The predicted molar refractivity (Wildman–Crippen MR) is 67.3 cm³/mol. The van der Waals surface area contributed by atoms with E-state index < -0.39 is 0 Å². The average Bonchev–Trinajstić information content (AvgIpc) is 2.78. The first kappa shape index (κ1) is 11.4. The van der Waals surface area contributed by atoms with Crippen LogP contribution in [0.2, 0.25) is 0 Å². The number of alkyl halides is 1. The monoisotopic (exact) mass is 253 g/mol. The van der Waals surface area contributed by atoms with Crippen molar-refractivity contribution in [3.63, 3.8) is 0 Å². The van der Waals surface area contributed by atoms with Gasteiger partial charge in [0.1, 0.15) is 5.75 Å². The number of para-hydroxylation sites is 1. The summed E-state index contributed by atoms with van der Waals surface area (Å²) in [6, 6.07) is 9.80. The molecule has 0 bridgehead atoms. The molecule has 0 aliphatic heterocycles. The Bertz CT molecular complexity index is 430. The van der Waals surface area contributed by atoms with Gasteiger partial charge in [0.25, 0.3) is 0 Å². The largest absolute Gasteiger partial charge is 0.493 e. The second-order valence-corrected chi connectivity index (χ2v) is 4.73. The zero-order valence-corrected chi connectivity index (χ0v) is 10.3. The summed E-state index contributed by atoms with van der Waals surface area (Å²) >= 11 is 7.35. The normalized spacial score (nSPS) is 10.3. The molecule has 16 heavy (non-hydrogen) atoms. The second kappa shape index (κ2) is 5.87. The Kier molecular flexibility index (Phi) is 4.19. The smallest absolute Gasteiger partial charge is 0.119 e. The molecule has 1 heterocycles. The van der Waals surface area contributed by atoms with Gasteiger partial charge in [0, 0.05) is 17.5 Å². The van der Waals surface area contributed by atoms with Gasteiger partial charge < -0.3 is 4.74 Å². The Hall–Kier alpha value is -1.06. The summed E-state index contributed by atoms with van der Waals surface area (Å²) in [7, 11) is 0. The lowest BCUT2D eigenvalue weighted by Gasteiger charge is -2.03. The molecule has 84 valence electrons. The number of aromatic nitrogens is 1. The quantitative estimate of drug-likeness (QED) is 0.761. The van der Waals surface area contributed by atoms with Gasteiger partial charge in [-0.3, -0.25) is 0 Å². The Balaban J connectivity index is 1.80. The third kappa shape index (κ3) is 3.22. The number of thiazole rings is 1. The van der Waals surface area contributed by atoms with Gasteiger partial charge >= 0.3 is 0 Å². The molecule has 0 radical (unpaired) electrons. The van der Waals surface area contributed by atoms with E-state index in [1.54, 1.807) is 11.3 Å². The van der Waals surface area contributed by atoms with Crippen molar-refractivity contribution in [3.05, 3.63) is 46.4 Å². The van der Waals surface area contributed by atoms with E-state index in [0.29, 0.717) is 12.5 Å². The summed E-state index contributed by atoms with van der Waals surface area (Å²) in [6.07, 6.45) is 2.66. The molecule has 4 heteroatoms. The lowest BCUT2D eigenvalue weighted by atomic mass is 10.3. The van der Waals surface area contributed by atoms with Gasteiger partial charge in [-0.05, 0) is 12.1 Å². The van der Waals surface area contributed by atoms with Gasteiger partial charge in [-0.2, -0.15) is 0 Å². The summed E-state index contributed by atoms with van der Waals surface area (Å²) < 4.78 is 5.59. The van der Waals surface area contributed by atoms with E-state index in [2.05, 4.69) is 4.98 Å². The predicted octanol–water partition coefficient (Wildman–Crippen LogP) is 3.50. The fourth-order valence-corrected chi connectivity index (χ4v) is 2.28. The Labute approximate surface area is 104 Å². The van der Waals surface area contributed by atoms with Crippen LogP contribution >= 0.6 is 22.9 Å². The number of hydrogen-bond donors (Lipinski definition) is 0. The summed E-state index contributed by atoms with van der Waals surface area (Å²) in [5.41, 5.74) is 0. The van der Waals surface area contributed by atoms with Crippen LogP contribution in [-0.4, -0.2) is 11.6 Å². The van der Waals surface area contributed by atoms with E-state index in [9.17, 15) is 0 Å². The van der Waals surface area contributed by atoms with Crippen molar-refractivity contribution in [1.82, 2.24) is 4.98 Å².